The zero-order chi connectivity index (χ0) is 19.4. The second-order valence-corrected chi connectivity index (χ2v) is 8.86. The molecule has 0 radical (unpaired) electrons. The van der Waals surface area contributed by atoms with Crippen LogP contribution < -0.4 is 0 Å². The van der Waals surface area contributed by atoms with Crippen LogP contribution in [0.5, 0.6) is 0 Å². The number of alkyl halides is 3. The summed E-state index contributed by atoms with van der Waals surface area (Å²) in [4.78, 5) is 0. The Labute approximate surface area is 155 Å². The molecule has 0 nitrogen and oxygen atoms in total. The Balaban J connectivity index is 1.96. The molecule has 0 saturated carbocycles. The van der Waals surface area contributed by atoms with Crippen molar-refractivity contribution in [2.75, 3.05) is 0 Å². The molecule has 0 bridgehead atoms. The van der Waals surface area contributed by atoms with Gasteiger partial charge in [-0.25, -0.2) is 0 Å². The topological polar surface area (TPSA) is 0 Å². The molecular weight excluding hydrogens is 333 g/mol. The average molecular weight is 362 g/mol. The standard InChI is InChI=1S/C23H29F3/c1-21(2,14-15-22(3,4)17-23(24,25)26)16-18-10-12-20(13-11-18)19-8-6-5-7-9-19/h5-13H,14-17H2,1-4H3. The fourth-order valence-corrected chi connectivity index (χ4v) is 3.39. The first-order valence-electron chi connectivity index (χ1n) is 9.17. The predicted octanol–water partition coefficient (Wildman–Crippen LogP) is 7.68. The summed E-state index contributed by atoms with van der Waals surface area (Å²) in [6.45, 7) is 7.71. The molecule has 3 heteroatoms. The van der Waals surface area contributed by atoms with E-state index in [1.165, 1.54) is 16.7 Å². The van der Waals surface area contributed by atoms with Crippen LogP contribution in [0, 0.1) is 10.8 Å². The number of halogens is 3. The van der Waals surface area contributed by atoms with E-state index >= 15 is 0 Å². The summed E-state index contributed by atoms with van der Waals surface area (Å²) in [5, 5.41) is 0. The maximum atomic E-state index is 12.7. The van der Waals surface area contributed by atoms with Gasteiger partial charge in [0.2, 0.25) is 0 Å². The van der Waals surface area contributed by atoms with E-state index in [-0.39, 0.29) is 5.41 Å². The van der Waals surface area contributed by atoms with E-state index in [1.54, 1.807) is 13.8 Å². The van der Waals surface area contributed by atoms with Crippen molar-refractivity contribution < 1.29 is 13.2 Å². The molecule has 0 spiro atoms. The molecule has 0 aliphatic rings. The van der Waals surface area contributed by atoms with Crippen LogP contribution >= 0.6 is 0 Å². The van der Waals surface area contributed by atoms with Crippen LogP contribution in [0.15, 0.2) is 54.6 Å². The quantitative estimate of drug-likeness (QED) is 0.474. The Morgan fingerprint density at radius 3 is 1.69 bits per heavy atom. The maximum absolute atomic E-state index is 12.7. The lowest BCUT2D eigenvalue weighted by atomic mass is 9.74. The molecule has 0 amide bonds. The summed E-state index contributed by atoms with van der Waals surface area (Å²) < 4.78 is 38.1. The Morgan fingerprint density at radius 2 is 1.15 bits per heavy atom. The van der Waals surface area contributed by atoms with Crippen LogP contribution in [-0.2, 0) is 6.42 Å². The summed E-state index contributed by atoms with van der Waals surface area (Å²) >= 11 is 0. The Kier molecular flexibility index (Phi) is 6.21. The molecule has 0 heterocycles. The van der Waals surface area contributed by atoms with Gasteiger partial charge in [0.1, 0.15) is 0 Å². The zero-order valence-corrected chi connectivity index (χ0v) is 16.2. The Bertz CT molecular complexity index is 680. The van der Waals surface area contributed by atoms with Gasteiger partial charge in [-0.05, 0) is 46.8 Å². The lowest BCUT2D eigenvalue weighted by Gasteiger charge is -2.32. The average Bonchev–Trinajstić information content (AvgIpc) is 2.52. The number of hydrogen-bond acceptors (Lipinski definition) is 0. The fourth-order valence-electron chi connectivity index (χ4n) is 3.39. The number of hydrogen-bond donors (Lipinski definition) is 0. The third kappa shape index (κ3) is 6.86. The second kappa shape index (κ2) is 7.85. The lowest BCUT2D eigenvalue weighted by molar-refractivity contribution is -0.155. The van der Waals surface area contributed by atoms with Crippen molar-refractivity contribution in [1.82, 2.24) is 0 Å². The van der Waals surface area contributed by atoms with Crippen LogP contribution in [-0.4, -0.2) is 6.18 Å². The van der Waals surface area contributed by atoms with Crippen molar-refractivity contribution >= 4 is 0 Å². The van der Waals surface area contributed by atoms with Crippen molar-refractivity contribution in [2.45, 2.75) is 59.6 Å². The number of rotatable bonds is 7. The van der Waals surface area contributed by atoms with Crippen molar-refractivity contribution in [1.29, 1.82) is 0 Å². The second-order valence-electron chi connectivity index (χ2n) is 8.86. The SMILES string of the molecule is CC(C)(CCC(C)(C)CC(F)(F)F)Cc1ccc(-c2ccccc2)cc1. The maximum Gasteiger partial charge on any atom is 0.389 e. The van der Waals surface area contributed by atoms with Crippen LogP contribution in [0.2, 0.25) is 0 Å². The predicted molar refractivity (Wildman–Crippen MR) is 103 cm³/mol. The van der Waals surface area contributed by atoms with Gasteiger partial charge < -0.3 is 0 Å². The molecule has 0 N–H and O–H groups in total. The van der Waals surface area contributed by atoms with Gasteiger partial charge in [-0.3, -0.25) is 0 Å². The van der Waals surface area contributed by atoms with Crippen LogP contribution in [0.25, 0.3) is 11.1 Å². The van der Waals surface area contributed by atoms with E-state index in [2.05, 4.69) is 50.2 Å². The zero-order valence-electron chi connectivity index (χ0n) is 16.2. The first-order chi connectivity index (χ1) is 12.0. The van der Waals surface area contributed by atoms with Gasteiger partial charge in [-0.15, -0.1) is 0 Å². The molecule has 0 unspecified atom stereocenters. The molecule has 2 rings (SSSR count). The largest absolute Gasteiger partial charge is 0.389 e. The molecule has 26 heavy (non-hydrogen) atoms. The molecule has 0 atom stereocenters. The van der Waals surface area contributed by atoms with Gasteiger partial charge in [0.25, 0.3) is 0 Å². The van der Waals surface area contributed by atoms with E-state index < -0.39 is 18.0 Å². The van der Waals surface area contributed by atoms with E-state index in [4.69, 9.17) is 0 Å². The molecule has 0 saturated heterocycles. The normalized spacial score (nSPS) is 13.0. The third-order valence-electron chi connectivity index (χ3n) is 4.90. The first-order valence-corrected chi connectivity index (χ1v) is 9.17. The molecule has 0 aromatic heterocycles. The smallest absolute Gasteiger partial charge is 0.171 e. The van der Waals surface area contributed by atoms with Crippen molar-refractivity contribution in [3.63, 3.8) is 0 Å². The first kappa shape index (κ1) is 20.5. The number of benzene rings is 2. The van der Waals surface area contributed by atoms with E-state index in [1.807, 2.05) is 18.2 Å². The fraction of sp³-hybridized carbons (Fsp3) is 0.478. The summed E-state index contributed by atoms with van der Waals surface area (Å²) in [6, 6.07) is 18.7. The van der Waals surface area contributed by atoms with Crippen molar-refractivity contribution in [3.05, 3.63) is 60.2 Å². The van der Waals surface area contributed by atoms with Gasteiger partial charge in [-0.1, -0.05) is 82.3 Å². The highest BCUT2D eigenvalue weighted by atomic mass is 19.4. The van der Waals surface area contributed by atoms with E-state index in [9.17, 15) is 13.2 Å². The summed E-state index contributed by atoms with van der Waals surface area (Å²) in [5.41, 5.74) is 2.85. The molecule has 2 aromatic rings. The van der Waals surface area contributed by atoms with Gasteiger partial charge in [0.15, 0.2) is 0 Å². The van der Waals surface area contributed by atoms with Crippen molar-refractivity contribution in [3.8, 4) is 11.1 Å². The lowest BCUT2D eigenvalue weighted by Crippen LogP contribution is -2.25. The van der Waals surface area contributed by atoms with E-state index in [0.29, 0.717) is 6.42 Å². The van der Waals surface area contributed by atoms with E-state index in [0.717, 1.165) is 12.8 Å². The minimum absolute atomic E-state index is 0.0306. The van der Waals surface area contributed by atoms with Gasteiger partial charge in [-0.2, -0.15) is 13.2 Å². The molecule has 0 aliphatic carbocycles. The highest BCUT2D eigenvalue weighted by molar-refractivity contribution is 5.63. The highest BCUT2D eigenvalue weighted by Crippen LogP contribution is 2.40. The monoisotopic (exact) mass is 362 g/mol. The highest BCUT2D eigenvalue weighted by Gasteiger charge is 2.37. The summed E-state index contributed by atoms with van der Waals surface area (Å²) in [6.07, 6.45) is -2.61. The van der Waals surface area contributed by atoms with Crippen LogP contribution in [0.3, 0.4) is 0 Å². The molecule has 142 valence electrons. The van der Waals surface area contributed by atoms with Gasteiger partial charge in [0, 0.05) is 6.42 Å². The molecular formula is C23H29F3. The minimum atomic E-state index is -4.10. The molecule has 2 aromatic carbocycles. The van der Waals surface area contributed by atoms with Gasteiger partial charge in [0.05, 0.1) is 0 Å². The summed E-state index contributed by atoms with van der Waals surface area (Å²) in [7, 11) is 0. The third-order valence-corrected chi connectivity index (χ3v) is 4.90. The van der Waals surface area contributed by atoms with Crippen LogP contribution in [0.4, 0.5) is 13.2 Å². The van der Waals surface area contributed by atoms with Crippen LogP contribution in [0.1, 0.15) is 52.5 Å². The summed E-state index contributed by atoms with van der Waals surface area (Å²) in [5.74, 6) is 0. The van der Waals surface area contributed by atoms with Crippen molar-refractivity contribution in [2.24, 2.45) is 10.8 Å². The molecule has 0 aliphatic heterocycles. The Hall–Kier alpha value is -1.77. The molecule has 0 fully saturated rings. The van der Waals surface area contributed by atoms with Gasteiger partial charge >= 0.3 is 6.18 Å². The minimum Gasteiger partial charge on any atom is -0.171 e. The Morgan fingerprint density at radius 1 is 0.654 bits per heavy atom.